The van der Waals surface area contributed by atoms with Crippen LogP contribution in [0.25, 0.3) is 11.1 Å². The number of anilines is 3. The lowest BCUT2D eigenvalue weighted by Gasteiger charge is -2.23. The summed E-state index contributed by atoms with van der Waals surface area (Å²) in [7, 11) is 0. The summed E-state index contributed by atoms with van der Waals surface area (Å²) in [5.41, 5.74) is 1.50. The van der Waals surface area contributed by atoms with Gasteiger partial charge < -0.3 is 5.32 Å². The molecule has 0 saturated heterocycles. The van der Waals surface area contributed by atoms with Gasteiger partial charge in [-0.25, -0.2) is 8.51 Å². The summed E-state index contributed by atoms with van der Waals surface area (Å²) >= 11 is -2.63. The highest BCUT2D eigenvalue weighted by Gasteiger charge is 2.31. The van der Waals surface area contributed by atoms with Crippen molar-refractivity contribution >= 4 is 34.2 Å². The van der Waals surface area contributed by atoms with Crippen molar-refractivity contribution in [3.63, 3.8) is 0 Å². The van der Waals surface area contributed by atoms with Gasteiger partial charge in [-0.2, -0.15) is 13.2 Å². The van der Waals surface area contributed by atoms with Gasteiger partial charge >= 0.3 is 6.18 Å². The topological polar surface area (TPSA) is 82.5 Å². The van der Waals surface area contributed by atoms with Crippen LogP contribution >= 0.6 is 0 Å². The maximum absolute atomic E-state index is 13.1. The first-order chi connectivity index (χ1) is 14.6. The largest absolute Gasteiger partial charge is 0.416 e. The Balaban J connectivity index is 2.09. The van der Waals surface area contributed by atoms with E-state index in [1.807, 2.05) is 0 Å². The molecule has 1 amide bonds. The van der Waals surface area contributed by atoms with Gasteiger partial charge in [-0.15, -0.1) is 0 Å². The summed E-state index contributed by atoms with van der Waals surface area (Å²) in [6, 6.07) is 10.9. The number of hydrogen-bond donors (Lipinski definition) is 2. The van der Waals surface area contributed by atoms with Gasteiger partial charge in [0.05, 0.1) is 28.8 Å². The van der Waals surface area contributed by atoms with Crippen LogP contribution in [0.2, 0.25) is 0 Å². The number of halogens is 3. The molecule has 3 rings (SSSR count). The van der Waals surface area contributed by atoms with E-state index in [-0.39, 0.29) is 17.3 Å². The first-order valence-electron chi connectivity index (χ1n) is 8.98. The fourth-order valence-corrected chi connectivity index (χ4v) is 3.66. The van der Waals surface area contributed by atoms with Gasteiger partial charge in [0.25, 0.3) is 11.3 Å². The molecule has 0 aliphatic heterocycles. The summed E-state index contributed by atoms with van der Waals surface area (Å²) in [6.07, 6.45) is -1.58. The van der Waals surface area contributed by atoms with Crippen molar-refractivity contribution < 1.29 is 26.7 Å². The van der Waals surface area contributed by atoms with Gasteiger partial charge in [-0.05, 0) is 48.4 Å². The zero-order chi connectivity index (χ0) is 22.8. The summed E-state index contributed by atoms with van der Waals surface area (Å²) in [6.45, 7) is 3.04. The molecule has 1 unspecified atom stereocenters. The minimum atomic E-state index is -4.59. The smallest absolute Gasteiger partial charge is 0.325 e. The number of nitrogens with zero attached hydrogens (tertiary/aromatic N) is 2. The Morgan fingerprint density at radius 1 is 1.10 bits per heavy atom. The predicted molar refractivity (Wildman–Crippen MR) is 113 cm³/mol. The lowest BCUT2D eigenvalue weighted by molar-refractivity contribution is -0.137. The average Bonchev–Trinajstić information content (AvgIpc) is 2.69. The molecule has 0 aliphatic rings. The number of aryl methyl sites for hydroxylation is 1. The van der Waals surface area contributed by atoms with Crippen LogP contribution in [-0.2, 0) is 22.2 Å². The number of benzene rings is 2. The maximum Gasteiger partial charge on any atom is 0.416 e. The van der Waals surface area contributed by atoms with Crippen LogP contribution in [0, 0.1) is 6.92 Å². The molecule has 162 valence electrons. The summed E-state index contributed by atoms with van der Waals surface area (Å²) in [4.78, 5) is 15.4. The summed E-state index contributed by atoms with van der Waals surface area (Å²) in [5, 5.41) is 2.62. The van der Waals surface area contributed by atoms with E-state index in [4.69, 9.17) is 0 Å². The molecule has 10 heteroatoms. The third-order valence-corrected chi connectivity index (χ3v) is 5.10. The number of alkyl halides is 3. The first-order valence-corrected chi connectivity index (χ1v) is 10.0. The first kappa shape index (κ1) is 22.4. The fourth-order valence-electron chi connectivity index (χ4n) is 3.00. The van der Waals surface area contributed by atoms with E-state index in [0.29, 0.717) is 22.4 Å². The van der Waals surface area contributed by atoms with Crippen molar-refractivity contribution in [2.24, 2.45) is 0 Å². The molecule has 0 radical (unpaired) electrons. The van der Waals surface area contributed by atoms with Crippen LogP contribution in [0.1, 0.15) is 18.1 Å². The molecule has 0 spiro atoms. The molecule has 0 bridgehead atoms. The zero-order valence-corrected chi connectivity index (χ0v) is 17.3. The molecular formula is C21H18F3N3O3S. The molecule has 1 heterocycles. The number of carbonyl (C=O) groups excluding carboxylic acids is 1. The second-order valence-corrected chi connectivity index (χ2v) is 7.54. The SMILES string of the molecule is CC(=O)Nc1cncc(-c2ccc(C)c(N(c3cccc(C(F)(F)F)c3)S(=O)O)c2)c1. The van der Waals surface area contributed by atoms with Gasteiger partial charge in [0, 0.05) is 18.7 Å². The number of hydrogen-bond acceptors (Lipinski definition) is 3. The zero-order valence-electron chi connectivity index (χ0n) is 16.5. The number of nitrogens with one attached hydrogen (secondary N) is 1. The van der Waals surface area contributed by atoms with Gasteiger partial charge in [-0.3, -0.25) is 14.3 Å². The van der Waals surface area contributed by atoms with Crippen molar-refractivity contribution in [2.45, 2.75) is 20.0 Å². The molecule has 0 fully saturated rings. The van der Waals surface area contributed by atoms with Crippen LogP contribution in [-0.4, -0.2) is 19.7 Å². The van der Waals surface area contributed by atoms with Crippen LogP contribution in [0.3, 0.4) is 0 Å². The van der Waals surface area contributed by atoms with Crippen LogP contribution in [0.15, 0.2) is 60.9 Å². The molecule has 31 heavy (non-hydrogen) atoms. The van der Waals surface area contributed by atoms with Gasteiger partial charge in [0.15, 0.2) is 0 Å². The minimum absolute atomic E-state index is 0.0824. The Morgan fingerprint density at radius 2 is 1.84 bits per heavy atom. The predicted octanol–water partition coefficient (Wildman–Crippen LogP) is 5.31. The van der Waals surface area contributed by atoms with E-state index in [2.05, 4.69) is 10.3 Å². The normalized spacial score (nSPS) is 12.3. The van der Waals surface area contributed by atoms with Crippen molar-refractivity contribution in [3.05, 3.63) is 72.1 Å². The Morgan fingerprint density at radius 3 is 2.48 bits per heavy atom. The number of pyridine rings is 1. The lowest BCUT2D eigenvalue weighted by atomic mass is 10.0. The van der Waals surface area contributed by atoms with Gasteiger partial charge in [0.1, 0.15) is 0 Å². The third kappa shape index (κ3) is 5.28. The Labute approximate surface area is 179 Å². The van der Waals surface area contributed by atoms with Crippen molar-refractivity contribution in [1.29, 1.82) is 0 Å². The van der Waals surface area contributed by atoms with Gasteiger partial charge in [-0.1, -0.05) is 18.2 Å². The van der Waals surface area contributed by atoms with Crippen molar-refractivity contribution in [2.75, 3.05) is 9.62 Å². The second kappa shape index (κ2) is 8.86. The molecule has 6 nitrogen and oxygen atoms in total. The lowest BCUT2D eigenvalue weighted by Crippen LogP contribution is -2.21. The highest BCUT2D eigenvalue weighted by Crippen LogP contribution is 2.37. The molecule has 0 saturated carbocycles. The molecular weight excluding hydrogens is 431 g/mol. The number of aromatic nitrogens is 1. The fraction of sp³-hybridized carbons (Fsp3) is 0.143. The van der Waals surface area contributed by atoms with Crippen molar-refractivity contribution in [1.82, 2.24) is 4.98 Å². The highest BCUT2D eigenvalue weighted by atomic mass is 32.2. The number of rotatable bonds is 5. The Hall–Kier alpha value is -3.24. The van der Waals surface area contributed by atoms with E-state index < -0.39 is 23.0 Å². The maximum atomic E-state index is 13.1. The highest BCUT2D eigenvalue weighted by molar-refractivity contribution is 7.81. The van der Waals surface area contributed by atoms with E-state index in [0.717, 1.165) is 16.4 Å². The van der Waals surface area contributed by atoms with Crippen LogP contribution in [0.5, 0.6) is 0 Å². The second-order valence-electron chi connectivity index (χ2n) is 6.72. The third-order valence-electron chi connectivity index (χ3n) is 4.38. The monoisotopic (exact) mass is 449 g/mol. The average molecular weight is 449 g/mol. The van der Waals surface area contributed by atoms with Crippen molar-refractivity contribution in [3.8, 4) is 11.1 Å². The number of amides is 1. The molecule has 0 aliphatic carbocycles. The Bertz CT molecular complexity index is 1150. The molecule has 3 aromatic rings. The molecule has 2 N–H and O–H groups in total. The van der Waals surface area contributed by atoms with E-state index in [1.165, 1.54) is 25.3 Å². The van der Waals surface area contributed by atoms with Gasteiger partial charge in [0.2, 0.25) is 5.91 Å². The molecule has 1 aromatic heterocycles. The summed E-state index contributed by atoms with van der Waals surface area (Å²) < 4.78 is 62.3. The van der Waals surface area contributed by atoms with E-state index >= 15 is 0 Å². The van der Waals surface area contributed by atoms with E-state index in [1.54, 1.807) is 37.4 Å². The standard InChI is InChI=1S/C21H18F3N3O3S/c1-13-6-7-15(16-8-18(12-25-11-16)26-14(2)28)9-20(13)27(31(29)30)19-5-3-4-17(10-19)21(22,23)24/h3-12H,1-2H3,(H,26,28)(H,29,30). The van der Waals surface area contributed by atoms with Crippen LogP contribution in [0.4, 0.5) is 30.2 Å². The van der Waals surface area contributed by atoms with Crippen LogP contribution < -0.4 is 9.62 Å². The molecule has 2 aromatic carbocycles. The minimum Gasteiger partial charge on any atom is -0.325 e. The Kier molecular flexibility index (Phi) is 6.42. The number of carbonyl (C=O) groups is 1. The molecule has 1 atom stereocenters. The summed E-state index contributed by atoms with van der Waals surface area (Å²) in [5.74, 6) is -0.269. The van der Waals surface area contributed by atoms with E-state index in [9.17, 15) is 26.7 Å². The quantitative estimate of drug-likeness (QED) is 0.517.